The number of carbonyl (C=O) groups is 2. The molecular formula is C28H32N2O5. The normalized spacial score (nSPS) is 22.0. The average Bonchev–Trinajstić information content (AvgIpc) is 3.46. The Morgan fingerprint density at radius 1 is 1.09 bits per heavy atom. The summed E-state index contributed by atoms with van der Waals surface area (Å²) >= 11 is 0. The molecule has 0 radical (unpaired) electrons. The lowest BCUT2D eigenvalue weighted by atomic mass is 9.94. The summed E-state index contributed by atoms with van der Waals surface area (Å²) in [4.78, 5) is 30.4. The van der Waals surface area contributed by atoms with Gasteiger partial charge in [-0.3, -0.25) is 9.59 Å². The second kappa shape index (κ2) is 9.29. The Kier molecular flexibility index (Phi) is 6.17. The zero-order valence-corrected chi connectivity index (χ0v) is 20.5. The second-order valence-electron chi connectivity index (χ2n) is 9.83. The standard InChI is InChI=1S/C28H32N2O5/c1-17(2)35-21-11-8-18(9-12-21)25-24(27(32)28(33)30(25)20-6-4-5-7-20)26(31)19-10-13-23-22(16-19)29(3)14-15-34-23/h8-13,16-17,20,25,31H,4-7,14-15H2,1-3H3/b26-24-. The van der Waals surface area contributed by atoms with E-state index in [-0.39, 0.29) is 23.5 Å². The van der Waals surface area contributed by atoms with Crippen LogP contribution in [0.1, 0.15) is 56.7 Å². The summed E-state index contributed by atoms with van der Waals surface area (Å²) < 4.78 is 11.5. The minimum Gasteiger partial charge on any atom is -0.507 e. The zero-order valence-electron chi connectivity index (χ0n) is 20.5. The van der Waals surface area contributed by atoms with Gasteiger partial charge in [-0.15, -0.1) is 0 Å². The molecule has 1 saturated carbocycles. The molecule has 184 valence electrons. The molecule has 7 nitrogen and oxygen atoms in total. The summed E-state index contributed by atoms with van der Waals surface area (Å²) in [6.45, 7) is 5.25. The molecule has 0 bridgehead atoms. The summed E-state index contributed by atoms with van der Waals surface area (Å²) in [6, 6.07) is 12.2. The van der Waals surface area contributed by atoms with Gasteiger partial charge in [0, 0.05) is 18.7 Å². The van der Waals surface area contributed by atoms with E-state index in [0.717, 1.165) is 55.0 Å². The lowest BCUT2D eigenvalue weighted by molar-refractivity contribution is -0.141. The van der Waals surface area contributed by atoms with Gasteiger partial charge in [-0.1, -0.05) is 25.0 Å². The molecule has 7 heteroatoms. The summed E-state index contributed by atoms with van der Waals surface area (Å²) in [6.07, 6.45) is 3.81. The van der Waals surface area contributed by atoms with Crippen molar-refractivity contribution in [1.29, 1.82) is 0 Å². The Labute approximate surface area is 205 Å². The molecule has 35 heavy (non-hydrogen) atoms. The molecule has 2 aliphatic heterocycles. The fraction of sp³-hybridized carbons (Fsp3) is 0.429. The third-order valence-electron chi connectivity index (χ3n) is 7.09. The Morgan fingerprint density at radius 3 is 2.49 bits per heavy atom. The van der Waals surface area contributed by atoms with E-state index in [1.165, 1.54) is 0 Å². The first kappa shape index (κ1) is 23.3. The molecule has 2 fully saturated rings. The number of benzene rings is 2. The van der Waals surface area contributed by atoms with Crippen molar-refractivity contribution < 1.29 is 24.2 Å². The van der Waals surface area contributed by atoms with Gasteiger partial charge in [0.2, 0.25) is 0 Å². The Hall–Kier alpha value is -3.48. The number of hydrogen-bond donors (Lipinski definition) is 1. The molecule has 3 aliphatic rings. The van der Waals surface area contributed by atoms with Crippen molar-refractivity contribution in [3.63, 3.8) is 0 Å². The van der Waals surface area contributed by atoms with Crippen molar-refractivity contribution in [2.75, 3.05) is 25.1 Å². The van der Waals surface area contributed by atoms with Crippen molar-refractivity contribution in [3.8, 4) is 11.5 Å². The van der Waals surface area contributed by atoms with Crippen molar-refractivity contribution in [1.82, 2.24) is 4.90 Å². The number of likely N-dealkylation sites (tertiary alicyclic amines) is 1. The lowest BCUT2D eigenvalue weighted by Gasteiger charge is -2.31. The number of ether oxygens (including phenoxy) is 2. The third-order valence-corrected chi connectivity index (χ3v) is 7.09. The first-order valence-corrected chi connectivity index (χ1v) is 12.4. The number of nitrogens with zero attached hydrogens (tertiary/aromatic N) is 2. The van der Waals surface area contributed by atoms with E-state index in [9.17, 15) is 14.7 Å². The number of aliphatic hydroxyl groups excluding tert-OH is 1. The van der Waals surface area contributed by atoms with Crippen molar-refractivity contribution >= 4 is 23.1 Å². The predicted molar refractivity (Wildman–Crippen MR) is 134 cm³/mol. The van der Waals surface area contributed by atoms with E-state index in [1.54, 1.807) is 17.0 Å². The van der Waals surface area contributed by atoms with Crippen LogP contribution in [-0.4, -0.2) is 54.0 Å². The summed E-state index contributed by atoms with van der Waals surface area (Å²) in [7, 11) is 1.96. The number of Topliss-reactive ketones (excluding diaryl/α,β-unsaturated/α-hetero) is 1. The molecule has 1 N–H and O–H groups in total. The molecular weight excluding hydrogens is 444 g/mol. The predicted octanol–water partition coefficient (Wildman–Crippen LogP) is 4.67. The van der Waals surface area contributed by atoms with Crippen LogP contribution >= 0.6 is 0 Å². The number of hydrogen-bond acceptors (Lipinski definition) is 6. The van der Waals surface area contributed by atoms with Gasteiger partial charge in [0.1, 0.15) is 23.9 Å². The summed E-state index contributed by atoms with van der Waals surface area (Å²) in [5, 5.41) is 11.5. The number of likely N-dealkylation sites (N-methyl/N-ethyl adjacent to an activating group) is 1. The van der Waals surface area contributed by atoms with Crippen molar-refractivity contribution in [2.45, 2.75) is 57.7 Å². The van der Waals surface area contributed by atoms with E-state index in [2.05, 4.69) is 4.90 Å². The van der Waals surface area contributed by atoms with Gasteiger partial charge in [-0.2, -0.15) is 0 Å². The average molecular weight is 477 g/mol. The number of amides is 1. The van der Waals surface area contributed by atoms with Crippen LogP contribution in [0.5, 0.6) is 11.5 Å². The molecule has 1 unspecified atom stereocenters. The maximum absolute atomic E-state index is 13.4. The Bertz CT molecular complexity index is 1160. The fourth-order valence-electron chi connectivity index (χ4n) is 5.39. The minimum absolute atomic E-state index is 0.0172. The van der Waals surface area contributed by atoms with Crippen LogP contribution < -0.4 is 14.4 Å². The maximum atomic E-state index is 13.4. The zero-order chi connectivity index (χ0) is 24.7. The molecule has 2 heterocycles. The van der Waals surface area contributed by atoms with E-state index in [4.69, 9.17) is 9.47 Å². The van der Waals surface area contributed by atoms with Crippen LogP contribution in [-0.2, 0) is 9.59 Å². The van der Waals surface area contributed by atoms with Gasteiger partial charge in [-0.05, 0) is 62.6 Å². The van der Waals surface area contributed by atoms with Crippen LogP contribution in [0.4, 0.5) is 5.69 Å². The monoisotopic (exact) mass is 476 g/mol. The maximum Gasteiger partial charge on any atom is 0.295 e. The molecule has 0 aromatic heterocycles. The molecule has 1 aliphatic carbocycles. The lowest BCUT2D eigenvalue weighted by Crippen LogP contribution is -2.37. The molecule has 5 rings (SSSR count). The van der Waals surface area contributed by atoms with Gasteiger partial charge in [0.15, 0.2) is 0 Å². The van der Waals surface area contributed by atoms with Gasteiger partial charge >= 0.3 is 0 Å². The smallest absolute Gasteiger partial charge is 0.295 e. The molecule has 2 aromatic carbocycles. The Balaban J connectivity index is 1.61. The first-order valence-electron chi connectivity index (χ1n) is 12.4. The van der Waals surface area contributed by atoms with Gasteiger partial charge in [0.05, 0.1) is 30.0 Å². The van der Waals surface area contributed by atoms with Crippen LogP contribution in [0.2, 0.25) is 0 Å². The summed E-state index contributed by atoms with van der Waals surface area (Å²) in [5.41, 5.74) is 2.26. The van der Waals surface area contributed by atoms with E-state index in [0.29, 0.717) is 12.2 Å². The number of aliphatic hydroxyl groups is 1. The highest BCUT2D eigenvalue weighted by atomic mass is 16.5. The van der Waals surface area contributed by atoms with E-state index in [1.807, 2.05) is 51.2 Å². The highest BCUT2D eigenvalue weighted by Gasteiger charge is 2.49. The molecule has 0 spiro atoms. The number of ketones is 1. The van der Waals surface area contributed by atoms with Crippen LogP contribution in [0.25, 0.3) is 5.76 Å². The highest BCUT2D eigenvalue weighted by Crippen LogP contribution is 2.44. The molecule has 1 saturated heterocycles. The van der Waals surface area contributed by atoms with E-state index >= 15 is 0 Å². The number of anilines is 1. The van der Waals surface area contributed by atoms with Crippen molar-refractivity contribution in [3.05, 3.63) is 59.2 Å². The van der Waals surface area contributed by atoms with Gasteiger partial charge < -0.3 is 24.4 Å². The van der Waals surface area contributed by atoms with Crippen molar-refractivity contribution in [2.24, 2.45) is 0 Å². The molecule has 2 aromatic rings. The summed E-state index contributed by atoms with van der Waals surface area (Å²) in [5.74, 6) is 0.130. The molecule has 1 amide bonds. The minimum atomic E-state index is -0.642. The fourth-order valence-corrected chi connectivity index (χ4v) is 5.39. The Morgan fingerprint density at radius 2 is 1.80 bits per heavy atom. The van der Waals surface area contributed by atoms with Crippen LogP contribution in [0.15, 0.2) is 48.0 Å². The van der Waals surface area contributed by atoms with Gasteiger partial charge in [-0.25, -0.2) is 0 Å². The highest BCUT2D eigenvalue weighted by molar-refractivity contribution is 6.46. The quantitative estimate of drug-likeness (QED) is 0.384. The van der Waals surface area contributed by atoms with E-state index < -0.39 is 17.7 Å². The van der Waals surface area contributed by atoms with Gasteiger partial charge in [0.25, 0.3) is 11.7 Å². The second-order valence-corrected chi connectivity index (χ2v) is 9.83. The number of carbonyl (C=O) groups excluding carboxylic acids is 2. The first-order chi connectivity index (χ1) is 16.8. The largest absolute Gasteiger partial charge is 0.507 e. The topological polar surface area (TPSA) is 79.3 Å². The van der Waals surface area contributed by atoms with Crippen LogP contribution in [0, 0.1) is 0 Å². The number of fused-ring (bicyclic) bond motifs is 1. The SMILES string of the molecule is CC(C)Oc1ccc(C2/C(=C(/O)c3ccc4c(c3)N(C)CCO4)C(=O)C(=O)N2C2CCCC2)cc1. The van der Waals surface area contributed by atoms with Crippen LogP contribution in [0.3, 0.4) is 0 Å². The number of rotatable bonds is 5. The molecule has 1 atom stereocenters. The third kappa shape index (κ3) is 4.24.